The molecule has 0 bridgehead atoms. The van der Waals surface area contributed by atoms with Crippen LogP contribution in [0, 0.1) is 11.3 Å². The van der Waals surface area contributed by atoms with Gasteiger partial charge in [0.05, 0.1) is 6.10 Å². The Morgan fingerprint density at radius 3 is 2.86 bits per heavy atom. The molecule has 1 aliphatic heterocycles. The monoisotopic (exact) mass is 291 g/mol. The lowest BCUT2D eigenvalue weighted by molar-refractivity contribution is -0.0124. The summed E-state index contributed by atoms with van der Waals surface area (Å²) in [6.07, 6.45) is 3.83. The Labute approximate surface area is 126 Å². The topological polar surface area (TPSA) is 65.5 Å². The second-order valence-corrected chi connectivity index (χ2v) is 6.79. The zero-order valence-electron chi connectivity index (χ0n) is 13.0. The van der Waals surface area contributed by atoms with Crippen LogP contribution in [0.3, 0.4) is 0 Å². The van der Waals surface area contributed by atoms with Crippen LogP contribution in [0.25, 0.3) is 0 Å². The molecule has 5 nitrogen and oxygen atoms in total. The molecule has 2 heterocycles. The van der Waals surface area contributed by atoms with Gasteiger partial charge in [0.15, 0.2) is 0 Å². The van der Waals surface area contributed by atoms with Gasteiger partial charge in [-0.1, -0.05) is 26.8 Å². The van der Waals surface area contributed by atoms with Gasteiger partial charge >= 0.3 is 6.03 Å². The molecule has 2 N–H and O–H groups in total. The van der Waals surface area contributed by atoms with E-state index in [0.717, 1.165) is 12.0 Å². The highest BCUT2D eigenvalue weighted by Crippen LogP contribution is 2.34. The number of rotatable bonds is 2. The average Bonchev–Trinajstić information content (AvgIpc) is 2.44. The molecule has 2 atom stereocenters. The van der Waals surface area contributed by atoms with Crippen molar-refractivity contribution >= 4 is 6.03 Å². The zero-order chi connectivity index (χ0) is 15.5. The predicted octanol–water partition coefficient (Wildman–Crippen LogP) is 2.02. The minimum absolute atomic E-state index is 0.0672. The van der Waals surface area contributed by atoms with E-state index in [0.29, 0.717) is 19.6 Å². The van der Waals surface area contributed by atoms with Crippen molar-refractivity contribution in [1.82, 2.24) is 15.2 Å². The summed E-state index contributed by atoms with van der Waals surface area (Å²) in [6.45, 7) is 7.97. The fraction of sp³-hybridized carbons (Fsp3) is 0.625. The molecule has 0 unspecified atom stereocenters. The van der Waals surface area contributed by atoms with Gasteiger partial charge in [-0.05, 0) is 29.4 Å². The van der Waals surface area contributed by atoms with E-state index in [2.05, 4.69) is 31.1 Å². The van der Waals surface area contributed by atoms with Gasteiger partial charge in [0.1, 0.15) is 0 Å². The van der Waals surface area contributed by atoms with E-state index in [1.54, 1.807) is 17.3 Å². The third kappa shape index (κ3) is 4.17. The third-order valence-electron chi connectivity index (χ3n) is 4.15. The number of piperidine rings is 1. The van der Waals surface area contributed by atoms with E-state index >= 15 is 0 Å². The Morgan fingerprint density at radius 2 is 2.29 bits per heavy atom. The van der Waals surface area contributed by atoms with Gasteiger partial charge < -0.3 is 15.3 Å². The summed E-state index contributed by atoms with van der Waals surface area (Å²) in [5.41, 5.74) is 1.04. The standard InChI is InChI=1S/C16H25N3O2/c1-16(2,3)13-6-8-19(11-14(13)20)15(21)18-10-12-5-4-7-17-9-12/h4-5,7,9,13-14,20H,6,8,10-11H2,1-3H3,(H,18,21)/t13-,14+/m1/s1. The Balaban J connectivity index is 1.85. The highest BCUT2D eigenvalue weighted by Gasteiger charge is 2.36. The number of aromatic nitrogens is 1. The first kappa shape index (κ1) is 15.8. The smallest absolute Gasteiger partial charge is 0.317 e. The number of hydrogen-bond acceptors (Lipinski definition) is 3. The lowest BCUT2D eigenvalue weighted by Gasteiger charge is -2.42. The largest absolute Gasteiger partial charge is 0.391 e. The average molecular weight is 291 g/mol. The fourth-order valence-electron chi connectivity index (χ4n) is 2.92. The number of nitrogens with one attached hydrogen (secondary N) is 1. The molecule has 1 saturated heterocycles. The second-order valence-electron chi connectivity index (χ2n) is 6.79. The number of carbonyl (C=O) groups is 1. The number of β-amino-alcohol motifs (C(OH)–C–C–N with tert-alkyl or cyclic N) is 1. The van der Waals surface area contributed by atoms with Crippen LogP contribution in [0.5, 0.6) is 0 Å². The molecule has 0 spiro atoms. The maximum Gasteiger partial charge on any atom is 0.317 e. The second kappa shape index (κ2) is 6.43. The van der Waals surface area contributed by atoms with E-state index in [4.69, 9.17) is 0 Å². The summed E-state index contributed by atoms with van der Waals surface area (Å²) in [5, 5.41) is 13.2. The number of urea groups is 1. The summed E-state index contributed by atoms with van der Waals surface area (Å²) < 4.78 is 0. The number of hydrogen-bond donors (Lipinski definition) is 2. The first-order chi connectivity index (χ1) is 9.88. The maximum atomic E-state index is 12.2. The third-order valence-corrected chi connectivity index (χ3v) is 4.15. The van der Waals surface area contributed by atoms with Crippen LogP contribution in [-0.4, -0.2) is 40.2 Å². The van der Waals surface area contributed by atoms with Crippen molar-refractivity contribution in [1.29, 1.82) is 0 Å². The molecular weight excluding hydrogens is 266 g/mol. The van der Waals surface area contributed by atoms with Crippen LogP contribution in [0.1, 0.15) is 32.8 Å². The maximum absolute atomic E-state index is 12.2. The van der Waals surface area contributed by atoms with E-state index in [-0.39, 0.29) is 17.4 Å². The zero-order valence-corrected chi connectivity index (χ0v) is 13.0. The van der Waals surface area contributed by atoms with Crippen LogP contribution in [0.4, 0.5) is 4.79 Å². The van der Waals surface area contributed by atoms with Crippen molar-refractivity contribution in [2.24, 2.45) is 11.3 Å². The van der Waals surface area contributed by atoms with E-state index in [1.807, 2.05) is 12.1 Å². The molecule has 21 heavy (non-hydrogen) atoms. The number of likely N-dealkylation sites (tertiary alicyclic amines) is 1. The Morgan fingerprint density at radius 1 is 1.52 bits per heavy atom. The van der Waals surface area contributed by atoms with E-state index < -0.39 is 6.10 Å². The molecule has 0 saturated carbocycles. The first-order valence-electron chi connectivity index (χ1n) is 7.47. The summed E-state index contributed by atoms with van der Waals surface area (Å²) in [5.74, 6) is 0.236. The normalized spacial score (nSPS) is 23.0. The quantitative estimate of drug-likeness (QED) is 0.876. The molecule has 1 aromatic heterocycles. The van der Waals surface area contributed by atoms with Crippen LogP contribution in [-0.2, 0) is 6.54 Å². The highest BCUT2D eigenvalue weighted by atomic mass is 16.3. The van der Waals surface area contributed by atoms with Gasteiger partial charge in [-0.2, -0.15) is 0 Å². The van der Waals surface area contributed by atoms with E-state index in [9.17, 15) is 9.90 Å². The lowest BCUT2D eigenvalue weighted by atomic mass is 9.74. The van der Waals surface area contributed by atoms with Gasteiger partial charge in [-0.3, -0.25) is 4.98 Å². The first-order valence-corrected chi connectivity index (χ1v) is 7.47. The minimum atomic E-state index is -0.456. The Kier molecular flexibility index (Phi) is 4.83. The molecular formula is C16H25N3O2. The van der Waals surface area contributed by atoms with Crippen molar-refractivity contribution in [3.8, 4) is 0 Å². The number of carbonyl (C=O) groups excluding carboxylic acids is 1. The number of aliphatic hydroxyl groups excluding tert-OH is 1. The molecule has 0 aliphatic carbocycles. The van der Waals surface area contributed by atoms with Crippen molar-refractivity contribution < 1.29 is 9.90 Å². The van der Waals surface area contributed by atoms with E-state index in [1.165, 1.54) is 0 Å². The lowest BCUT2D eigenvalue weighted by Crippen LogP contribution is -2.52. The number of aliphatic hydroxyl groups is 1. The van der Waals surface area contributed by atoms with Crippen molar-refractivity contribution in [2.45, 2.75) is 39.8 Å². The minimum Gasteiger partial charge on any atom is -0.391 e. The molecule has 116 valence electrons. The van der Waals surface area contributed by atoms with Gasteiger partial charge in [-0.15, -0.1) is 0 Å². The van der Waals surface area contributed by atoms with Crippen LogP contribution in [0.2, 0.25) is 0 Å². The van der Waals surface area contributed by atoms with Gasteiger partial charge in [-0.25, -0.2) is 4.79 Å². The number of nitrogens with zero attached hydrogens (tertiary/aromatic N) is 2. The molecule has 2 amide bonds. The van der Waals surface area contributed by atoms with Crippen LogP contribution in [0.15, 0.2) is 24.5 Å². The van der Waals surface area contributed by atoms with Gasteiger partial charge in [0.2, 0.25) is 0 Å². The SMILES string of the molecule is CC(C)(C)[C@@H]1CCN(C(=O)NCc2cccnc2)C[C@@H]1O. The highest BCUT2D eigenvalue weighted by molar-refractivity contribution is 5.74. The molecule has 1 fully saturated rings. The molecule has 1 aliphatic rings. The Bertz CT molecular complexity index is 470. The molecule has 0 aromatic carbocycles. The van der Waals surface area contributed by atoms with Crippen LogP contribution >= 0.6 is 0 Å². The molecule has 5 heteroatoms. The predicted molar refractivity (Wildman–Crippen MR) is 81.6 cm³/mol. The van der Waals surface area contributed by atoms with Gasteiger partial charge in [0.25, 0.3) is 0 Å². The summed E-state index contributed by atoms with van der Waals surface area (Å²) in [4.78, 5) is 17.9. The summed E-state index contributed by atoms with van der Waals surface area (Å²) in [7, 11) is 0. The number of amides is 2. The summed E-state index contributed by atoms with van der Waals surface area (Å²) in [6, 6.07) is 3.65. The fourth-order valence-corrected chi connectivity index (χ4v) is 2.92. The summed E-state index contributed by atoms with van der Waals surface area (Å²) >= 11 is 0. The van der Waals surface area contributed by atoms with Crippen molar-refractivity contribution in [3.63, 3.8) is 0 Å². The number of pyridine rings is 1. The van der Waals surface area contributed by atoms with Crippen molar-refractivity contribution in [3.05, 3.63) is 30.1 Å². The van der Waals surface area contributed by atoms with Crippen LogP contribution < -0.4 is 5.32 Å². The molecule has 2 rings (SSSR count). The van der Waals surface area contributed by atoms with Gasteiger partial charge in [0, 0.05) is 32.0 Å². The molecule has 1 aromatic rings. The van der Waals surface area contributed by atoms with Crippen molar-refractivity contribution in [2.75, 3.05) is 13.1 Å². The molecule has 0 radical (unpaired) electrons. The Hall–Kier alpha value is -1.62.